The van der Waals surface area contributed by atoms with E-state index >= 15 is 0 Å². The van der Waals surface area contributed by atoms with Gasteiger partial charge in [-0.15, -0.1) is 0 Å². The molecule has 0 saturated carbocycles. The Kier molecular flexibility index (Phi) is 6.76. The van der Waals surface area contributed by atoms with Gasteiger partial charge >= 0.3 is 0 Å². The third-order valence-corrected chi connectivity index (χ3v) is 4.56. The molecule has 0 unspecified atom stereocenters. The van der Waals surface area contributed by atoms with Gasteiger partial charge in [0, 0.05) is 30.2 Å². The molecule has 0 heterocycles. The molecule has 1 radical (unpaired) electrons. The summed E-state index contributed by atoms with van der Waals surface area (Å²) in [5, 5.41) is 0. The van der Waals surface area contributed by atoms with Gasteiger partial charge in [-0.2, -0.15) is 0 Å². The molecule has 0 aromatic heterocycles. The van der Waals surface area contributed by atoms with Crippen LogP contribution in [0.4, 0.5) is 11.4 Å². The Labute approximate surface area is 161 Å². The fraction of sp³-hybridized carbons (Fsp3) is 0.250. The Morgan fingerprint density at radius 1 is 0.680 bits per heavy atom. The molecule has 0 saturated heterocycles. The molecule has 0 bridgehead atoms. The number of aryl methyl sites for hydroxylation is 2. The van der Waals surface area contributed by atoms with Gasteiger partial charge in [0.25, 0.3) is 0 Å². The number of sulfonamides is 2. The minimum Gasteiger partial charge on any atom is -0.284 e. The Balaban J connectivity index is 0.00000312. The Morgan fingerprint density at radius 2 is 1.00 bits per heavy atom. The third kappa shape index (κ3) is 6.40. The zero-order chi connectivity index (χ0) is 18.1. The second-order valence-electron chi connectivity index (χ2n) is 5.81. The first-order valence-corrected chi connectivity index (χ1v) is 10.9. The SMILES string of the molecule is Cc1cc(NS(C)(=O)=O)ccc1-c1ccc(NS(C)(=O)=O)cc1C.[Li]. The van der Waals surface area contributed by atoms with E-state index in [1.54, 1.807) is 24.3 Å². The fourth-order valence-electron chi connectivity index (χ4n) is 2.49. The first-order chi connectivity index (χ1) is 10.9. The van der Waals surface area contributed by atoms with Gasteiger partial charge in [0.1, 0.15) is 0 Å². The van der Waals surface area contributed by atoms with Crippen LogP contribution in [-0.2, 0) is 20.0 Å². The van der Waals surface area contributed by atoms with Crippen molar-refractivity contribution in [1.82, 2.24) is 0 Å². The molecule has 6 nitrogen and oxygen atoms in total. The van der Waals surface area contributed by atoms with Crippen LogP contribution in [0.25, 0.3) is 11.1 Å². The van der Waals surface area contributed by atoms with Gasteiger partial charge in [-0.1, -0.05) is 12.1 Å². The standard InChI is InChI=1S/C16H20N2O4S2.Li/c1-11-9-13(17-23(3,19)20)5-7-15(11)16-8-6-14(10-12(16)2)18-24(4,21)22;/h5-10,17-18H,1-4H3;. The van der Waals surface area contributed by atoms with E-state index in [9.17, 15) is 16.8 Å². The van der Waals surface area contributed by atoms with Crippen LogP contribution in [0, 0.1) is 13.8 Å². The number of anilines is 2. The van der Waals surface area contributed by atoms with E-state index in [0.717, 1.165) is 34.8 Å². The fourth-order valence-corrected chi connectivity index (χ4v) is 3.60. The molecule has 0 aliphatic heterocycles. The van der Waals surface area contributed by atoms with E-state index in [1.807, 2.05) is 26.0 Å². The molecule has 0 aliphatic carbocycles. The monoisotopic (exact) mass is 375 g/mol. The van der Waals surface area contributed by atoms with Crippen molar-refractivity contribution in [3.63, 3.8) is 0 Å². The maximum atomic E-state index is 11.3. The van der Waals surface area contributed by atoms with Crippen LogP contribution in [0.2, 0.25) is 0 Å². The van der Waals surface area contributed by atoms with E-state index in [4.69, 9.17) is 0 Å². The van der Waals surface area contributed by atoms with Crippen molar-refractivity contribution < 1.29 is 16.8 Å². The summed E-state index contributed by atoms with van der Waals surface area (Å²) in [7, 11) is -6.64. The molecule has 2 aromatic carbocycles. The smallest absolute Gasteiger partial charge is 0.229 e. The van der Waals surface area contributed by atoms with Crippen LogP contribution in [0.15, 0.2) is 36.4 Å². The normalized spacial score (nSPS) is 11.5. The summed E-state index contributed by atoms with van der Waals surface area (Å²) in [4.78, 5) is 0. The van der Waals surface area contributed by atoms with E-state index < -0.39 is 20.0 Å². The van der Waals surface area contributed by atoms with Crippen LogP contribution in [0.1, 0.15) is 11.1 Å². The van der Waals surface area contributed by atoms with Crippen molar-refractivity contribution in [3.05, 3.63) is 47.5 Å². The van der Waals surface area contributed by atoms with Gasteiger partial charge in [-0.05, 0) is 60.4 Å². The van der Waals surface area contributed by atoms with Gasteiger partial charge in [0.15, 0.2) is 0 Å². The Hall–Kier alpha value is -1.46. The minimum atomic E-state index is -3.32. The summed E-state index contributed by atoms with van der Waals surface area (Å²) < 4.78 is 50.1. The largest absolute Gasteiger partial charge is 0.284 e. The van der Waals surface area contributed by atoms with Crippen molar-refractivity contribution in [2.75, 3.05) is 22.0 Å². The van der Waals surface area contributed by atoms with E-state index in [1.165, 1.54) is 0 Å². The molecule has 131 valence electrons. The van der Waals surface area contributed by atoms with Crippen LogP contribution < -0.4 is 9.44 Å². The first-order valence-electron chi connectivity index (χ1n) is 7.12. The van der Waals surface area contributed by atoms with Crippen LogP contribution >= 0.6 is 0 Å². The first kappa shape index (κ1) is 21.6. The average Bonchev–Trinajstić information content (AvgIpc) is 2.36. The van der Waals surface area contributed by atoms with E-state index in [0.29, 0.717) is 11.4 Å². The average molecular weight is 375 g/mol. The number of nitrogens with one attached hydrogen (secondary N) is 2. The van der Waals surface area contributed by atoms with Crippen molar-refractivity contribution >= 4 is 50.3 Å². The zero-order valence-electron chi connectivity index (χ0n) is 14.9. The molecule has 2 rings (SSSR count). The van der Waals surface area contributed by atoms with Crippen LogP contribution in [0.5, 0.6) is 0 Å². The second kappa shape index (κ2) is 7.83. The summed E-state index contributed by atoms with van der Waals surface area (Å²) >= 11 is 0. The maximum absolute atomic E-state index is 11.3. The molecule has 0 fully saturated rings. The molecule has 0 atom stereocenters. The van der Waals surface area contributed by atoms with Crippen LogP contribution in [-0.4, -0.2) is 48.2 Å². The predicted octanol–water partition coefficient (Wildman–Crippen LogP) is 2.33. The predicted molar refractivity (Wildman–Crippen MR) is 104 cm³/mol. The number of rotatable bonds is 5. The maximum Gasteiger partial charge on any atom is 0.229 e. The van der Waals surface area contributed by atoms with Gasteiger partial charge in [-0.3, -0.25) is 9.44 Å². The summed E-state index contributed by atoms with van der Waals surface area (Å²) in [6.45, 7) is 3.79. The topological polar surface area (TPSA) is 92.3 Å². The van der Waals surface area contributed by atoms with Gasteiger partial charge in [0.05, 0.1) is 12.5 Å². The molecular weight excluding hydrogens is 355 g/mol. The van der Waals surface area contributed by atoms with Crippen molar-refractivity contribution in [2.24, 2.45) is 0 Å². The van der Waals surface area contributed by atoms with E-state index in [2.05, 4.69) is 9.44 Å². The second-order valence-corrected chi connectivity index (χ2v) is 9.30. The molecule has 25 heavy (non-hydrogen) atoms. The summed E-state index contributed by atoms with van der Waals surface area (Å²) in [5.74, 6) is 0. The molecule has 0 amide bonds. The molecule has 0 aliphatic rings. The van der Waals surface area contributed by atoms with Gasteiger partial charge in [-0.25, -0.2) is 16.8 Å². The summed E-state index contributed by atoms with van der Waals surface area (Å²) in [6.07, 6.45) is 2.21. The van der Waals surface area contributed by atoms with Crippen molar-refractivity contribution in [2.45, 2.75) is 13.8 Å². The molecule has 0 spiro atoms. The number of benzene rings is 2. The molecule has 2 aromatic rings. The molecule has 9 heteroatoms. The zero-order valence-corrected chi connectivity index (χ0v) is 16.5. The number of hydrogen-bond donors (Lipinski definition) is 2. The Morgan fingerprint density at radius 3 is 1.24 bits per heavy atom. The minimum absolute atomic E-state index is 0. The summed E-state index contributed by atoms with van der Waals surface area (Å²) in [5.41, 5.74) is 4.75. The third-order valence-electron chi connectivity index (χ3n) is 3.35. The molecular formula is C16H20LiN2O4S2. The van der Waals surface area contributed by atoms with E-state index in [-0.39, 0.29) is 18.9 Å². The quantitative estimate of drug-likeness (QED) is 0.785. The van der Waals surface area contributed by atoms with Crippen molar-refractivity contribution in [1.29, 1.82) is 0 Å². The number of hydrogen-bond acceptors (Lipinski definition) is 4. The van der Waals surface area contributed by atoms with Gasteiger partial charge < -0.3 is 0 Å². The Bertz CT molecular complexity index is 906. The summed E-state index contributed by atoms with van der Waals surface area (Å²) in [6, 6.07) is 10.6. The van der Waals surface area contributed by atoms with Gasteiger partial charge in [0.2, 0.25) is 20.0 Å². The molecule has 2 N–H and O–H groups in total. The van der Waals surface area contributed by atoms with Crippen molar-refractivity contribution in [3.8, 4) is 11.1 Å². The van der Waals surface area contributed by atoms with Crippen LogP contribution in [0.3, 0.4) is 0 Å².